The van der Waals surface area contributed by atoms with Gasteiger partial charge in [-0.15, -0.1) is 0 Å². The molecule has 3 heterocycles. The van der Waals surface area contributed by atoms with Crippen LogP contribution in [0.25, 0.3) is 0 Å². The lowest BCUT2D eigenvalue weighted by Gasteiger charge is -2.18. The SMILES string of the molecule is Cc1cn(CCc2ccc3c(n2)NCCC3)nc1COC(C)(C)C.O=CO. The molecule has 7 nitrogen and oxygen atoms in total. The first-order valence-electron chi connectivity index (χ1n) is 9.30. The van der Waals surface area contributed by atoms with Crippen molar-refractivity contribution in [2.45, 2.75) is 65.7 Å². The second-order valence-corrected chi connectivity index (χ2v) is 7.62. The Morgan fingerprint density at radius 3 is 2.81 bits per heavy atom. The lowest BCUT2D eigenvalue weighted by atomic mass is 10.1. The maximum atomic E-state index is 8.36. The first-order chi connectivity index (χ1) is 12.8. The fourth-order valence-electron chi connectivity index (χ4n) is 2.84. The average molecular weight is 374 g/mol. The zero-order valence-electron chi connectivity index (χ0n) is 16.7. The summed E-state index contributed by atoms with van der Waals surface area (Å²) in [4.78, 5) is 13.1. The molecular formula is C20H30N4O3. The number of hydrogen-bond donors (Lipinski definition) is 2. The topological polar surface area (TPSA) is 89.3 Å². The van der Waals surface area contributed by atoms with E-state index in [0.717, 1.165) is 43.1 Å². The van der Waals surface area contributed by atoms with Crippen LogP contribution < -0.4 is 5.32 Å². The van der Waals surface area contributed by atoms with Gasteiger partial charge >= 0.3 is 0 Å². The first-order valence-corrected chi connectivity index (χ1v) is 9.30. The number of pyridine rings is 1. The molecule has 0 unspecified atom stereocenters. The molecule has 1 aliphatic heterocycles. The van der Waals surface area contributed by atoms with Crippen molar-refractivity contribution in [2.24, 2.45) is 0 Å². The molecule has 2 aromatic rings. The third-order valence-corrected chi connectivity index (χ3v) is 4.24. The summed E-state index contributed by atoms with van der Waals surface area (Å²) in [6.45, 7) is 10.5. The Bertz CT molecular complexity index is 750. The highest BCUT2D eigenvalue weighted by Gasteiger charge is 2.14. The third-order valence-electron chi connectivity index (χ3n) is 4.24. The molecule has 0 spiro atoms. The van der Waals surface area contributed by atoms with Crippen molar-refractivity contribution in [1.29, 1.82) is 0 Å². The van der Waals surface area contributed by atoms with Crippen molar-refractivity contribution in [3.05, 3.63) is 40.8 Å². The number of fused-ring (bicyclic) bond motifs is 1. The zero-order valence-corrected chi connectivity index (χ0v) is 16.7. The van der Waals surface area contributed by atoms with E-state index in [-0.39, 0.29) is 12.1 Å². The largest absolute Gasteiger partial charge is 0.483 e. The molecule has 7 heteroatoms. The summed E-state index contributed by atoms with van der Waals surface area (Å²) in [6, 6.07) is 4.35. The lowest BCUT2D eigenvalue weighted by Crippen LogP contribution is -2.19. The molecule has 0 aromatic carbocycles. The van der Waals surface area contributed by atoms with Gasteiger partial charge in [0.15, 0.2) is 0 Å². The number of nitrogens with one attached hydrogen (secondary N) is 1. The van der Waals surface area contributed by atoms with Crippen LogP contribution in [0.4, 0.5) is 5.82 Å². The summed E-state index contributed by atoms with van der Waals surface area (Å²) in [6.07, 6.45) is 5.30. The lowest BCUT2D eigenvalue weighted by molar-refractivity contribution is -0.122. The van der Waals surface area contributed by atoms with Gasteiger partial charge in [0.25, 0.3) is 6.47 Å². The summed E-state index contributed by atoms with van der Waals surface area (Å²) < 4.78 is 7.84. The van der Waals surface area contributed by atoms with E-state index >= 15 is 0 Å². The molecule has 0 atom stereocenters. The van der Waals surface area contributed by atoms with E-state index in [9.17, 15) is 0 Å². The van der Waals surface area contributed by atoms with E-state index in [4.69, 9.17) is 19.6 Å². The van der Waals surface area contributed by atoms with Gasteiger partial charge in [-0.25, -0.2) is 4.98 Å². The number of aryl methyl sites for hydroxylation is 4. The number of nitrogens with zero attached hydrogens (tertiary/aromatic N) is 3. The molecule has 0 amide bonds. The fourth-order valence-corrected chi connectivity index (χ4v) is 2.84. The third kappa shape index (κ3) is 6.67. The highest BCUT2D eigenvalue weighted by atomic mass is 16.5. The van der Waals surface area contributed by atoms with Gasteiger partial charge in [0.05, 0.1) is 17.9 Å². The minimum Gasteiger partial charge on any atom is -0.483 e. The molecule has 0 saturated carbocycles. The Hall–Kier alpha value is -2.41. The second-order valence-electron chi connectivity index (χ2n) is 7.62. The van der Waals surface area contributed by atoms with E-state index in [1.165, 1.54) is 17.5 Å². The van der Waals surface area contributed by atoms with Crippen LogP contribution in [0.1, 0.15) is 49.7 Å². The van der Waals surface area contributed by atoms with Gasteiger partial charge < -0.3 is 15.2 Å². The molecule has 27 heavy (non-hydrogen) atoms. The van der Waals surface area contributed by atoms with Crippen LogP contribution >= 0.6 is 0 Å². The molecule has 0 saturated heterocycles. The number of carbonyl (C=O) groups is 1. The van der Waals surface area contributed by atoms with Crippen LogP contribution in [0, 0.1) is 6.92 Å². The zero-order chi connectivity index (χ0) is 19.9. The summed E-state index contributed by atoms with van der Waals surface area (Å²) in [5, 5.41) is 14.9. The number of ether oxygens (including phenoxy) is 1. The smallest absolute Gasteiger partial charge is 0.290 e. The van der Waals surface area contributed by atoms with Gasteiger partial charge in [-0.3, -0.25) is 9.48 Å². The van der Waals surface area contributed by atoms with Crippen LogP contribution in [0.3, 0.4) is 0 Å². The van der Waals surface area contributed by atoms with Crippen LogP contribution in [0.5, 0.6) is 0 Å². The molecule has 148 valence electrons. The van der Waals surface area contributed by atoms with E-state index in [1.807, 2.05) is 4.68 Å². The summed E-state index contributed by atoms with van der Waals surface area (Å²) in [7, 11) is 0. The van der Waals surface area contributed by atoms with Crippen LogP contribution in [0.15, 0.2) is 18.3 Å². The number of carboxylic acid groups (broad SMARTS) is 1. The molecule has 3 rings (SSSR count). The van der Waals surface area contributed by atoms with Gasteiger partial charge in [-0.1, -0.05) is 6.07 Å². The monoisotopic (exact) mass is 374 g/mol. The Balaban J connectivity index is 0.000000817. The summed E-state index contributed by atoms with van der Waals surface area (Å²) in [5.74, 6) is 1.06. The Morgan fingerprint density at radius 1 is 1.37 bits per heavy atom. The van der Waals surface area contributed by atoms with Gasteiger partial charge in [0, 0.05) is 31.4 Å². The Labute approximate surface area is 160 Å². The highest BCUT2D eigenvalue weighted by molar-refractivity contribution is 5.47. The predicted octanol–water partition coefficient (Wildman–Crippen LogP) is 3.20. The van der Waals surface area contributed by atoms with Crippen LogP contribution in [-0.4, -0.2) is 38.5 Å². The second kappa shape index (κ2) is 9.50. The Kier molecular flexibility index (Phi) is 7.36. The summed E-state index contributed by atoms with van der Waals surface area (Å²) in [5.41, 5.74) is 4.51. The number of anilines is 1. The first kappa shape index (κ1) is 20.9. The van der Waals surface area contributed by atoms with Crippen molar-refractivity contribution in [3.8, 4) is 0 Å². The molecular weight excluding hydrogens is 344 g/mol. The van der Waals surface area contributed by atoms with Crippen molar-refractivity contribution in [2.75, 3.05) is 11.9 Å². The minimum atomic E-state index is -0.250. The quantitative estimate of drug-likeness (QED) is 0.781. The minimum absolute atomic E-state index is 0.143. The summed E-state index contributed by atoms with van der Waals surface area (Å²) >= 11 is 0. The molecule has 0 bridgehead atoms. The van der Waals surface area contributed by atoms with Crippen molar-refractivity contribution >= 4 is 12.3 Å². The van der Waals surface area contributed by atoms with E-state index in [2.05, 4.69) is 56.4 Å². The van der Waals surface area contributed by atoms with E-state index in [1.54, 1.807) is 0 Å². The van der Waals surface area contributed by atoms with Gasteiger partial charge in [-0.2, -0.15) is 5.10 Å². The van der Waals surface area contributed by atoms with Crippen molar-refractivity contribution in [1.82, 2.24) is 14.8 Å². The van der Waals surface area contributed by atoms with Gasteiger partial charge in [0.1, 0.15) is 5.82 Å². The Morgan fingerprint density at radius 2 is 2.11 bits per heavy atom. The van der Waals surface area contributed by atoms with Gasteiger partial charge in [-0.05, 0) is 57.7 Å². The molecule has 2 aromatic heterocycles. The van der Waals surface area contributed by atoms with Crippen LogP contribution in [0.2, 0.25) is 0 Å². The highest BCUT2D eigenvalue weighted by Crippen LogP contribution is 2.20. The fraction of sp³-hybridized carbons (Fsp3) is 0.550. The molecule has 2 N–H and O–H groups in total. The maximum absolute atomic E-state index is 8.36. The normalized spacial score (nSPS) is 13.2. The maximum Gasteiger partial charge on any atom is 0.290 e. The van der Waals surface area contributed by atoms with Crippen molar-refractivity contribution in [3.63, 3.8) is 0 Å². The van der Waals surface area contributed by atoms with E-state index < -0.39 is 0 Å². The molecule has 1 aliphatic rings. The number of aromatic nitrogens is 3. The van der Waals surface area contributed by atoms with Crippen LogP contribution in [-0.2, 0) is 35.5 Å². The molecule has 0 fully saturated rings. The number of rotatable bonds is 5. The predicted molar refractivity (Wildman–Crippen MR) is 105 cm³/mol. The average Bonchev–Trinajstić information content (AvgIpc) is 2.98. The van der Waals surface area contributed by atoms with Crippen molar-refractivity contribution < 1.29 is 14.6 Å². The van der Waals surface area contributed by atoms with E-state index in [0.29, 0.717) is 6.61 Å². The van der Waals surface area contributed by atoms with Gasteiger partial charge in [0.2, 0.25) is 0 Å². The standard InChI is InChI=1S/C19H28N4O.CH2O2/c1-14-12-23(22-17(14)13-24-19(2,3)4)11-9-16-8-7-15-6-5-10-20-18(15)21-16;2-1-3/h7-8,12H,5-6,9-11,13H2,1-4H3,(H,20,21);1H,(H,2,3). The number of hydrogen-bond acceptors (Lipinski definition) is 5. The molecule has 0 aliphatic carbocycles. The molecule has 0 radical (unpaired) electrons.